The molecule has 1 aliphatic heterocycles. The molecule has 0 spiro atoms. The number of carbonyl (C=O) groups is 1. The molecule has 1 saturated heterocycles. The molecule has 0 saturated carbocycles. The van der Waals surface area contributed by atoms with Crippen molar-refractivity contribution in [1.29, 1.82) is 0 Å². The maximum absolute atomic E-state index is 12.0. The van der Waals surface area contributed by atoms with Crippen LogP contribution in [-0.2, 0) is 9.53 Å². The van der Waals surface area contributed by atoms with E-state index in [1.165, 1.54) is 0 Å². The molecule has 1 amide bonds. The van der Waals surface area contributed by atoms with E-state index in [0.717, 1.165) is 39.0 Å². The zero-order chi connectivity index (χ0) is 14.8. The molecule has 20 heavy (non-hydrogen) atoms. The zero-order valence-electron chi connectivity index (χ0n) is 12.8. The van der Waals surface area contributed by atoms with Crippen molar-refractivity contribution in [3.8, 4) is 0 Å². The molecule has 0 bridgehead atoms. The molecule has 1 heterocycles. The second kappa shape index (κ2) is 10.1. The Morgan fingerprint density at radius 2 is 2.15 bits per heavy atom. The third-order valence-corrected chi connectivity index (χ3v) is 3.35. The van der Waals surface area contributed by atoms with E-state index >= 15 is 0 Å². The fourth-order valence-corrected chi connectivity index (χ4v) is 2.19. The topological polar surface area (TPSA) is 65.0 Å². The highest BCUT2D eigenvalue weighted by Gasteiger charge is 2.18. The van der Waals surface area contributed by atoms with Crippen molar-refractivity contribution in [3.63, 3.8) is 0 Å². The van der Waals surface area contributed by atoms with Crippen LogP contribution in [0.25, 0.3) is 0 Å². The number of unbranched alkanes of at least 4 members (excludes halogenated alkanes) is 1. The predicted molar refractivity (Wildman–Crippen MR) is 78.7 cm³/mol. The molecule has 1 atom stereocenters. The highest BCUT2D eigenvalue weighted by molar-refractivity contribution is 5.78. The van der Waals surface area contributed by atoms with E-state index in [9.17, 15) is 9.90 Å². The van der Waals surface area contributed by atoms with Crippen LogP contribution in [0.15, 0.2) is 0 Å². The molecule has 0 aliphatic carbocycles. The molecule has 6 heteroatoms. The van der Waals surface area contributed by atoms with Gasteiger partial charge in [-0.3, -0.25) is 9.69 Å². The van der Waals surface area contributed by atoms with Crippen molar-refractivity contribution >= 4 is 5.91 Å². The van der Waals surface area contributed by atoms with Gasteiger partial charge in [0.15, 0.2) is 0 Å². The number of hydrogen-bond donors (Lipinski definition) is 2. The summed E-state index contributed by atoms with van der Waals surface area (Å²) in [5.74, 6) is 0.133. The normalized spacial score (nSPS) is 17.5. The van der Waals surface area contributed by atoms with Gasteiger partial charge in [-0.15, -0.1) is 0 Å². The third kappa shape index (κ3) is 7.19. The summed E-state index contributed by atoms with van der Waals surface area (Å²) in [6.45, 7) is 7.23. The van der Waals surface area contributed by atoms with E-state index < -0.39 is 6.10 Å². The lowest BCUT2D eigenvalue weighted by Crippen LogP contribution is -2.49. The van der Waals surface area contributed by atoms with Gasteiger partial charge in [-0.25, -0.2) is 0 Å². The van der Waals surface area contributed by atoms with Crippen LogP contribution in [0.5, 0.6) is 0 Å². The molecule has 2 N–H and O–H groups in total. The van der Waals surface area contributed by atoms with Crippen molar-refractivity contribution in [1.82, 2.24) is 15.1 Å². The van der Waals surface area contributed by atoms with Crippen molar-refractivity contribution in [2.45, 2.75) is 25.9 Å². The summed E-state index contributed by atoms with van der Waals surface area (Å²) in [6.07, 6.45) is 1.58. The SMILES string of the molecule is CCCCOCC(O)CN(C)CC(=O)N1CCNCC1. The Hall–Kier alpha value is -0.690. The third-order valence-electron chi connectivity index (χ3n) is 3.35. The fourth-order valence-electron chi connectivity index (χ4n) is 2.19. The number of aliphatic hydroxyl groups excluding tert-OH is 1. The molecule has 0 aromatic carbocycles. The van der Waals surface area contributed by atoms with Crippen LogP contribution in [0.2, 0.25) is 0 Å². The average molecular weight is 287 g/mol. The Morgan fingerprint density at radius 3 is 2.80 bits per heavy atom. The van der Waals surface area contributed by atoms with Gasteiger partial charge in [-0.2, -0.15) is 0 Å². The summed E-state index contributed by atoms with van der Waals surface area (Å²) in [6, 6.07) is 0. The van der Waals surface area contributed by atoms with Crippen LogP contribution in [0.1, 0.15) is 19.8 Å². The first-order chi connectivity index (χ1) is 9.63. The second-order valence-corrected chi connectivity index (χ2v) is 5.41. The monoisotopic (exact) mass is 287 g/mol. The summed E-state index contributed by atoms with van der Waals surface area (Å²) in [5.41, 5.74) is 0. The van der Waals surface area contributed by atoms with Gasteiger partial charge in [0.25, 0.3) is 0 Å². The van der Waals surface area contributed by atoms with Gasteiger partial charge in [0, 0.05) is 39.3 Å². The fraction of sp³-hybridized carbons (Fsp3) is 0.929. The second-order valence-electron chi connectivity index (χ2n) is 5.41. The van der Waals surface area contributed by atoms with Crippen LogP contribution in [0, 0.1) is 0 Å². The summed E-state index contributed by atoms with van der Waals surface area (Å²) in [5, 5.41) is 13.1. The molecular weight excluding hydrogens is 258 g/mol. The highest BCUT2D eigenvalue weighted by Crippen LogP contribution is 1.98. The quantitative estimate of drug-likeness (QED) is 0.561. The minimum Gasteiger partial charge on any atom is -0.389 e. The van der Waals surface area contributed by atoms with E-state index in [2.05, 4.69) is 12.2 Å². The summed E-state index contributed by atoms with van der Waals surface area (Å²) < 4.78 is 5.38. The Labute approximate surface area is 122 Å². The van der Waals surface area contributed by atoms with E-state index in [4.69, 9.17) is 4.74 Å². The molecular formula is C14H29N3O3. The van der Waals surface area contributed by atoms with Gasteiger partial charge in [0.2, 0.25) is 5.91 Å². The lowest BCUT2D eigenvalue weighted by molar-refractivity contribution is -0.133. The number of carbonyl (C=O) groups excluding carboxylic acids is 1. The van der Waals surface area contributed by atoms with E-state index in [-0.39, 0.29) is 5.91 Å². The molecule has 1 aliphatic rings. The van der Waals surface area contributed by atoms with Gasteiger partial charge in [0.05, 0.1) is 19.3 Å². The van der Waals surface area contributed by atoms with Crippen molar-refractivity contribution in [2.75, 3.05) is 59.5 Å². The standard InChI is InChI=1S/C14H29N3O3/c1-3-4-9-20-12-13(18)10-16(2)11-14(19)17-7-5-15-6-8-17/h13,15,18H,3-12H2,1-2H3. The Balaban J connectivity index is 2.14. The number of rotatable bonds is 9. The van der Waals surface area contributed by atoms with Gasteiger partial charge in [-0.1, -0.05) is 13.3 Å². The number of likely N-dealkylation sites (N-methyl/N-ethyl adjacent to an activating group) is 1. The zero-order valence-corrected chi connectivity index (χ0v) is 12.8. The molecule has 0 aromatic rings. The lowest BCUT2D eigenvalue weighted by Gasteiger charge is -2.29. The molecule has 1 rings (SSSR count). The van der Waals surface area contributed by atoms with Crippen molar-refractivity contribution < 1.29 is 14.6 Å². The molecule has 1 fully saturated rings. The first kappa shape index (κ1) is 17.4. The van der Waals surface area contributed by atoms with Crippen LogP contribution in [0.3, 0.4) is 0 Å². The van der Waals surface area contributed by atoms with E-state index in [0.29, 0.717) is 26.3 Å². The molecule has 118 valence electrons. The minimum absolute atomic E-state index is 0.133. The molecule has 6 nitrogen and oxygen atoms in total. The van der Waals surface area contributed by atoms with Gasteiger partial charge >= 0.3 is 0 Å². The van der Waals surface area contributed by atoms with Crippen LogP contribution in [0.4, 0.5) is 0 Å². The van der Waals surface area contributed by atoms with Crippen LogP contribution < -0.4 is 5.32 Å². The summed E-state index contributed by atoms with van der Waals surface area (Å²) in [4.78, 5) is 15.8. The maximum atomic E-state index is 12.0. The first-order valence-corrected chi connectivity index (χ1v) is 7.56. The average Bonchev–Trinajstić information content (AvgIpc) is 2.44. The van der Waals surface area contributed by atoms with Gasteiger partial charge in [0.1, 0.15) is 0 Å². The van der Waals surface area contributed by atoms with Crippen LogP contribution >= 0.6 is 0 Å². The van der Waals surface area contributed by atoms with Crippen LogP contribution in [-0.4, -0.2) is 86.4 Å². The minimum atomic E-state index is -0.535. The number of ether oxygens (including phenoxy) is 1. The smallest absolute Gasteiger partial charge is 0.236 e. The Kier molecular flexibility index (Phi) is 8.77. The number of piperazine rings is 1. The number of nitrogens with one attached hydrogen (secondary N) is 1. The number of hydrogen-bond acceptors (Lipinski definition) is 5. The number of nitrogens with zero attached hydrogens (tertiary/aromatic N) is 2. The molecule has 0 radical (unpaired) electrons. The Bertz CT molecular complexity index is 270. The highest BCUT2D eigenvalue weighted by atomic mass is 16.5. The first-order valence-electron chi connectivity index (χ1n) is 7.56. The predicted octanol–water partition coefficient (Wildman–Crippen LogP) is -0.472. The number of amides is 1. The Morgan fingerprint density at radius 1 is 1.45 bits per heavy atom. The largest absolute Gasteiger partial charge is 0.389 e. The molecule has 1 unspecified atom stereocenters. The van der Waals surface area contributed by atoms with E-state index in [1.54, 1.807) is 0 Å². The summed E-state index contributed by atoms with van der Waals surface area (Å²) in [7, 11) is 1.86. The summed E-state index contributed by atoms with van der Waals surface area (Å²) >= 11 is 0. The van der Waals surface area contributed by atoms with E-state index in [1.807, 2.05) is 16.8 Å². The van der Waals surface area contributed by atoms with Crippen molar-refractivity contribution in [2.24, 2.45) is 0 Å². The van der Waals surface area contributed by atoms with Crippen molar-refractivity contribution in [3.05, 3.63) is 0 Å². The maximum Gasteiger partial charge on any atom is 0.236 e. The number of aliphatic hydroxyl groups is 1. The lowest BCUT2D eigenvalue weighted by atomic mass is 10.3. The molecule has 0 aromatic heterocycles. The van der Waals surface area contributed by atoms with Gasteiger partial charge in [-0.05, 0) is 13.5 Å². The van der Waals surface area contributed by atoms with Gasteiger partial charge < -0.3 is 20.1 Å².